The van der Waals surface area contributed by atoms with Crippen molar-refractivity contribution in [2.24, 2.45) is 17.8 Å². The third-order valence-corrected chi connectivity index (χ3v) is 21.7. The van der Waals surface area contributed by atoms with Crippen LogP contribution in [0.4, 0.5) is 0 Å². The molecule has 4 aromatic heterocycles. The van der Waals surface area contributed by atoms with Gasteiger partial charge in [0, 0.05) is 47.8 Å². The molecule has 3 atom stereocenters. The lowest BCUT2D eigenvalue weighted by atomic mass is 9.68. The fraction of sp³-hybridized carbons (Fsp3) is 0.667. The summed E-state index contributed by atoms with van der Waals surface area (Å²) in [4.78, 5) is 45.1. The lowest BCUT2D eigenvalue weighted by Crippen LogP contribution is -2.33. The molecule has 0 fully saturated rings. The Kier molecular flexibility index (Phi) is 23.7. The molecule has 4 aromatic rings. The Morgan fingerprint density at radius 1 is 0.486 bits per heavy atom. The SMILES string of the molecule is CCC.CCCCC.CCCCC(CC)CN1C(=O)C2=C(c3ccc(C(C)(C)C)s3)N(CCC(CC)CC)C(=O)C2=C1c1ccc(-c2cc3c(s2)-c2sc(C(C)(C)C)cc2C3(CCCC)CC(CC)CCCC)s1. The highest BCUT2D eigenvalue weighted by Crippen LogP contribution is 2.62. The van der Waals surface area contributed by atoms with E-state index >= 15 is 9.59 Å². The largest absolute Gasteiger partial charge is 0.306 e. The monoisotopic (exact) mass is 1080 g/mol. The summed E-state index contributed by atoms with van der Waals surface area (Å²) in [6, 6.07) is 14.1. The van der Waals surface area contributed by atoms with Crippen LogP contribution >= 0.6 is 45.3 Å². The minimum absolute atomic E-state index is 0.00306. The van der Waals surface area contributed by atoms with E-state index in [1.807, 2.05) is 27.6 Å². The minimum atomic E-state index is -0.0297. The van der Waals surface area contributed by atoms with Gasteiger partial charge in [-0.15, -0.1) is 45.3 Å². The summed E-state index contributed by atoms with van der Waals surface area (Å²) in [5, 5.41) is 0. The van der Waals surface area contributed by atoms with Crippen LogP contribution in [0.5, 0.6) is 0 Å². The molecule has 0 saturated heterocycles. The second-order valence-electron chi connectivity index (χ2n) is 24.1. The van der Waals surface area contributed by atoms with E-state index < -0.39 is 0 Å². The first-order valence-corrected chi connectivity index (χ1v) is 33.2. The van der Waals surface area contributed by atoms with Crippen molar-refractivity contribution in [1.82, 2.24) is 9.80 Å². The van der Waals surface area contributed by atoms with Crippen LogP contribution in [0.15, 0.2) is 47.5 Å². The Balaban J connectivity index is 0.00000118. The predicted octanol–water partition coefficient (Wildman–Crippen LogP) is 21.7. The Morgan fingerprint density at radius 2 is 0.973 bits per heavy atom. The highest BCUT2D eigenvalue weighted by atomic mass is 32.1. The molecular formula is C66H102N2O2S4. The van der Waals surface area contributed by atoms with Gasteiger partial charge >= 0.3 is 0 Å². The van der Waals surface area contributed by atoms with E-state index in [4.69, 9.17) is 0 Å². The molecular weight excluding hydrogens is 981 g/mol. The molecule has 7 rings (SSSR count). The molecule has 6 heterocycles. The molecule has 2 aliphatic heterocycles. The van der Waals surface area contributed by atoms with Gasteiger partial charge in [0.2, 0.25) is 0 Å². The number of unbranched alkanes of at least 4 members (excludes halogenated alkanes) is 5. The molecule has 4 nitrogen and oxygen atoms in total. The number of carbonyl (C=O) groups is 2. The summed E-state index contributed by atoms with van der Waals surface area (Å²) >= 11 is 7.57. The lowest BCUT2D eigenvalue weighted by molar-refractivity contribution is -0.124. The maximum Gasteiger partial charge on any atom is 0.261 e. The van der Waals surface area contributed by atoms with Crippen LogP contribution in [0.2, 0.25) is 0 Å². The number of amides is 2. The lowest BCUT2D eigenvalue weighted by Gasteiger charge is -2.35. The third kappa shape index (κ3) is 13.9. The van der Waals surface area contributed by atoms with Crippen LogP contribution in [0.25, 0.3) is 30.9 Å². The number of hydrogen-bond donors (Lipinski definition) is 0. The van der Waals surface area contributed by atoms with Crippen molar-refractivity contribution in [2.45, 2.75) is 256 Å². The van der Waals surface area contributed by atoms with Gasteiger partial charge in [-0.25, -0.2) is 0 Å². The minimum Gasteiger partial charge on any atom is -0.306 e. The molecule has 8 heteroatoms. The van der Waals surface area contributed by atoms with Crippen LogP contribution in [0, 0.1) is 17.8 Å². The maximum atomic E-state index is 15.4. The number of rotatable bonds is 25. The van der Waals surface area contributed by atoms with Gasteiger partial charge in [-0.2, -0.15) is 0 Å². The van der Waals surface area contributed by atoms with Crippen molar-refractivity contribution in [2.75, 3.05) is 13.1 Å². The molecule has 0 radical (unpaired) electrons. The normalized spacial score (nSPS) is 17.3. The van der Waals surface area contributed by atoms with E-state index in [0.717, 1.165) is 66.1 Å². The molecule has 2 amide bonds. The predicted molar refractivity (Wildman–Crippen MR) is 331 cm³/mol. The quantitative estimate of drug-likeness (QED) is 0.0664. The highest BCUT2D eigenvalue weighted by Gasteiger charge is 2.51. The fourth-order valence-corrected chi connectivity index (χ4v) is 16.3. The van der Waals surface area contributed by atoms with E-state index in [1.165, 1.54) is 106 Å². The van der Waals surface area contributed by atoms with E-state index in [9.17, 15) is 0 Å². The number of nitrogens with zero attached hydrogens (tertiary/aromatic N) is 2. The smallest absolute Gasteiger partial charge is 0.261 e. The maximum absolute atomic E-state index is 15.4. The van der Waals surface area contributed by atoms with Crippen LogP contribution in [-0.4, -0.2) is 34.7 Å². The molecule has 3 unspecified atom stereocenters. The van der Waals surface area contributed by atoms with Crippen LogP contribution in [-0.2, 0) is 25.8 Å². The standard InChI is InChI=1S/C58H82N2O2S4.C5H12.C3H8/c1-14-21-24-38(19-6)35-58(31-23-16-3)40-33-45(65-52(40)53-41(58)34-47(66-53)57(11,12)13)42-26-27-43(63-42)51-49-48(55(62)60(51)36-39(20-7)25-22-15-2)50(44-28-29-46(64-44)56(8,9)10)59(54(49)61)32-30-37(17-4)18-5;1-3-5-4-2;1-3-2/h26-29,33-34,37-39H,14-25,30-32,35-36H2,1-13H3;3-5H2,1-2H3;3H2,1-2H3. The molecule has 1 aliphatic carbocycles. The molecule has 74 heavy (non-hydrogen) atoms. The Labute approximate surface area is 469 Å². The van der Waals surface area contributed by atoms with E-state index in [0.29, 0.717) is 42.0 Å². The van der Waals surface area contributed by atoms with E-state index in [1.54, 1.807) is 33.8 Å². The van der Waals surface area contributed by atoms with Gasteiger partial charge in [0.25, 0.3) is 11.8 Å². The summed E-state index contributed by atoms with van der Waals surface area (Å²) in [5.74, 6) is 1.60. The molecule has 0 aromatic carbocycles. The summed E-state index contributed by atoms with van der Waals surface area (Å²) in [7, 11) is 0. The third-order valence-electron chi connectivity index (χ3n) is 16.0. The number of hydrogen-bond acceptors (Lipinski definition) is 6. The zero-order chi connectivity index (χ0) is 54.5. The first-order chi connectivity index (χ1) is 35.3. The van der Waals surface area contributed by atoms with Gasteiger partial charge < -0.3 is 9.80 Å². The average Bonchev–Trinajstić information content (AvgIpc) is 4.24. The molecule has 412 valence electrons. The van der Waals surface area contributed by atoms with Crippen LogP contribution in [0.1, 0.15) is 270 Å². The molecule has 0 spiro atoms. The van der Waals surface area contributed by atoms with E-state index in [-0.39, 0.29) is 28.1 Å². The van der Waals surface area contributed by atoms with Crippen molar-refractivity contribution < 1.29 is 9.59 Å². The second-order valence-corrected chi connectivity index (χ2v) is 28.4. The van der Waals surface area contributed by atoms with Gasteiger partial charge in [-0.1, -0.05) is 214 Å². The first-order valence-electron chi connectivity index (χ1n) is 30.0. The van der Waals surface area contributed by atoms with E-state index in [2.05, 4.69) is 159 Å². The van der Waals surface area contributed by atoms with Crippen molar-refractivity contribution in [3.8, 4) is 19.5 Å². The Hall–Kier alpha value is -2.78. The van der Waals surface area contributed by atoms with Crippen molar-refractivity contribution in [3.05, 3.63) is 78.2 Å². The molecule has 0 N–H and O–H groups in total. The summed E-state index contributed by atoms with van der Waals surface area (Å²) in [6.07, 6.45) is 22.7. The van der Waals surface area contributed by atoms with Crippen molar-refractivity contribution in [3.63, 3.8) is 0 Å². The van der Waals surface area contributed by atoms with Crippen molar-refractivity contribution in [1.29, 1.82) is 0 Å². The second kappa shape index (κ2) is 28.2. The molecule has 3 aliphatic rings. The fourth-order valence-electron chi connectivity index (χ4n) is 11.3. The zero-order valence-corrected chi connectivity index (χ0v) is 53.2. The molecule has 0 bridgehead atoms. The Bertz CT molecular complexity index is 2470. The average molecular weight is 1080 g/mol. The van der Waals surface area contributed by atoms with Crippen molar-refractivity contribution >= 4 is 68.6 Å². The van der Waals surface area contributed by atoms with Crippen LogP contribution in [0.3, 0.4) is 0 Å². The molecule has 0 saturated carbocycles. The number of carbonyl (C=O) groups excluding carboxylic acids is 2. The van der Waals surface area contributed by atoms with Gasteiger partial charge in [-0.05, 0) is 102 Å². The van der Waals surface area contributed by atoms with Gasteiger partial charge in [0.05, 0.1) is 32.3 Å². The Morgan fingerprint density at radius 3 is 1.50 bits per heavy atom. The van der Waals surface area contributed by atoms with Gasteiger partial charge in [0.15, 0.2) is 0 Å². The van der Waals surface area contributed by atoms with Gasteiger partial charge in [-0.3, -0.25) is 9.59 Å². The summed E-state index contributed by atoms with van der Waals surface area (Å²) in [5.41, 5.74) is 6.20. The number of thiophene rings is 4. The first kappa shape index (κ1) is 62.1. The van der Waals surface area contributed by atoms with Gasteiger partial charge in [0.1, 0.15) is 0 Å². The highest BCUT2D eigenvalue weighted by molar-refractivity contribution is 7.27. The topological polar surface area (TPSA) is 40.6 Å². The summed E-state index contributed by atoms with van der Waals surface area (Å²) in [6.45, 7) is 39.9. The summed E-state index contributed by atoms with van der Waals surface area (Å²) < 4.78 is 0. The van der Waals surface area contributed by atoms with Crippen LogP contribution < -0.4 is 0 Å². The zero-order valence-electron chi connectivity index (χ0n) is 49.9. The number of fused-ring (bicyclic) bond motifs is 4.